The summed E-state index contributed by atoms with van der Waals surface area (Å²) < 4.78 is 48.7. The van der Waals surface area contributed by atoms with Gasteiger partial charge < -0.3 is 15.4 Å². The van der Waals surface area contributed by atoms with E-state index in [1.165, 1.54) is 19.2 Å². The number of carbonyl (C=O) groups is 1. The first-order valence-electron chi connectivity index (χ1n) is 12.7. The molecule has 0 spiro atoms. The first kappa shape index (κ1) is 26.5. The minimum Gasteiger partial charge on any atom is -0.494 e. The van der Waals surface area contributed by atoms with Gasteiger partial charge in [-0.2, -0.15) is 5.10 Å². The summed E-state index contributed by atoms with van der Waals surface area (Å²) in [6.07, 6.45) is 3.37. The molecular formula is C31H21F3N6O2. The SMILES string of the molecule is COc1ccc(Nc2nccc(-c3c(-c4cccc(NC(=O)c5cc(F)ccc5F)c4)nn4ccccc34)n2)cc1F. The van der Waals surface area contributed by atoms with Gasteiger partial charge in [-0.25, -0.2) is 27.7 Å². The first-order valence-corrected chi connectivity index (χ1v) is 12.7. The van der Waals surface area contributed by atoms with Gasteiger partial charge in [0.05, 0.1) is 29.4 Å². The Hall–Kier alpha value is -5.71. The van der Waals surface area contributed by atoms with Crippen LogP contribution >= 0.6 is 0 Å². The Bertz CT molecular complexity index is 1960. The molecule has 3 aromatic carbocycles. The fraction of sp³-hybridized carbons (Fsp3) is 0.0323. The number of carbonyl (C=O) groups excluding carboxylic acids is 1. The van der Waals surface area contributed by atoms with Gasteiger partial charge in [0.25, 0.3) is 5.91 Å². The van der Waals surface area contributed by atoms with Crippen molar-refractivity contribution in [2.24, 2.45) is 0 Å². The third-order valence-corrected chi connectivity index (χ3v) is 6.43. The Morgan fingerprint density at radius 1 is 0.881 bits per heavy atom. The number of methoxy groups -OCH3 is 1. The zero-order valence-corrected chi connectivity index (χ0v) is 22.0. The number of rotatable bonds is 7. The molecule has 11 heteroatoms. The van der Waals surface area contributed by atoms with E-state index in [9.17, 15) is 18.0 Å². The maximum atomic E-state index is 14.2. The van der Waals surface area contributed by atoms with Gasteiger partial charge in [0.2, 0.25) is 5.95 Å². The van der Waals surface area contributed by atoms with Crippen LogP contribution < -0.4 is 15.4 Å². The summed E-state index contributed by atoms with van der Waals surface area (Å²) in [5.74, 6) is -2.53. The predicted octanol–water partition coefficient (Wildman–Crippen LogP) is 6.88. The molecule has 0 unspecified atom stereocenters. The number of ether oxygens (including phenoxy) is 1. The van der Waals surface area contributed by atoms with Crippen molar-refractivity contribution in [2.75, 3.05) is 17.7 Å². The summed E-state index contributed by atoms with van der Waals surface area (Å²) in [6.45, 7) is 0. The van der Waals surface area contributed by atoms with Crippen LogP contribution in [-0.2, 0) is 0 Å². The third-order valence-electron chi connectivity index (χ3n) is 6.43. The number of amides is 1. The van der Waals surface area contributed by atoms with Crippen LogP contribution in [0.1, 0.15) is 10.4 Å². The van der Waals surface area contributed by atoms with Crippen LogP contribution in [0.4, 0.5) is 30.5 Å². The van der Waals surface area contributed by atoms with E-state index >= 15 is 0 Å². The lowest BCUT2D eigenvalue weighted by Gasteiger charge is -2.10. The molecule has 0 atom stereocenters. The highest BCUT2D eigenvalue weighted by Gasteiger charge is 2.19. The summed E-state index contributed by atoms with van der Waals surface area (Å²) in [7, 11) is 1.39. The zero-order chi connectivity index (χ0) is 29.2. The highest BCUT2D eigenvalue weighted by Crippen LogP contribution is 2.35. The van der Waals surface area contributed by atoms with Crippen molar-refractivity contribution in [1.29, 1.82) is 0 Å². The quantitative estimate of drug-likeness (QED) is 0.219. The molecule has 42 heavy (non-hydrogen) atoms. The number of nitrogens with zero attached hydrogens (tertiary/aromatic N) is 4. The van der Waals surface area contributed by atoms with Crippen LogP contribution in [0.25, 0.3) is 28.0 Å². The number of hydrogen-bond acceptors (Lipinski definition) is 6. The summed E-state index contributed by atoms with van der Waals surface area (Å²) in [5.41, 5.74) is 3.54. The molecule has 0 aliphatic rings. The molecule has 3 heterocycles. The standard InChI is InChI=1S/C31H21F3N6O2/c1-42-27-11-9-21(17-24(27)34)37-31-35-13-12-25(38-31)28-26-7-2-3-14-40(26)39-29(28)18-5-4-6-20(15-18)36-30(41)22-16-19(32)8-10-23(22)33/h2-17H,1H3,(H,36,41)(H,35,37,38). The molecule has 0 saturated heterocycles. The molecule has 0 fully saturated rings. The lowest BCUT2D eigenvalue weighted by Crippen LogP contribution is -2.14. The number of pyridine rings is 1. The zero-order valence-electron chi connectivity index (χ0n) is 22.0. The van der Waals surface area contributed by atoms with Crippen LogP contribution in [0.3, 0.4) is 0 Å². The minimum absolute atomic E-state index is 0.116. The fourth-order valence-corrected chi connectivity index (χ4v) is 4.50. The molecule has 0 bridgehead atoms. The Morgan fingerprint density at radius 2 is 1.76 bits per heavy atom. The van der Waals surface area contributed by atoms with Crippen LogP contribution in [0.2, 0.25) is 0 Å². The van der Waals surface area contributed by atoms with E-state index in [2.05, 4.69) is 20.6 Å². The highest BCUT2D eigenvalue weighted by atomic mass is 19.1. The van der Waals surface area contributed by atoms with Crippen molar-refractivity contribution in [1.82, 2.24) is 19.6 Å². The summed E-state index contributed by atoms with van der Waals surface area (Å²) in [6, 6.07) is 21.3. The lowest BCUT2D eigenvalue weighted by molar-refractivity contribution is 0.102. The van der Waals surface area contributed by atoms with Crippen molar-refractivity contribution in [3.05, 3.63) is 120 Å². The molecule has 3 aromatic heterocycles. The van der Waals surface area contributed by atoms with E-state index in [0.29, 0.717) is 33.9 Å². The largest absolute Gasteiger partial charge is 0.494 e. The molecule has 6 rings (SSSR count). The van der Waals surface area contributed by atoms with Gasteiger partial charge in [0.1, 0.15) is 17.3 Å². The monoisotopic (exact) mass is 566 g/mol. The number of fused-ring (bicyclic) bond motifs is 1. The van der Waals surface area contributed by atoms with Gasteiger partial charge in [-0.15, -0.1) is 0 Å². The summed E-state index contributed by atoms with van der Waals surface area (Å²) >= 11 is 0. The molecule has 0 aliphatic heterocycles. The second kappa shape index (κ2) is 11.0. The third kappa shape index (κ3) is 5.22. The Morgan fingerprint density at radius 3 is 2.60 bits per heavy atom. The van der Waals surface area contributed by atoms with Gasteiger partial charge >= 0.3 is 0 Å². The molecule has 6 aromatic rings. The maximum Gasteiger partial charge on any atom is 0.258 e. The van der Waals surface area contributed by atoms with Crippen molar-refractivity contribution in [3.8, 4) is 28.3 Å². The smallest absolute Gasteiger partial charge is 0.258 e. The number of halogens is 3. The van der Waals surface area contributed by atoms with Gasteiger partial charge in [-0.3, -0.25) is 4.79 Å². The number of hydrogen-bond donors (Lipinski definition) is 2. The van der Waals surface area contributed by atoms with E-state index in [-0.39, 0.29) is 11.7 Å². The van der Waals surface area contributed by atoms with Crippen molar-refractivity contribution >= 4 is 28.7 Å². The van der Waals surface area contributed by atoms with E-state index in [0.717, 1.165) is 23.7 Å². The van der Waals surface area contributed by atoms with E-state index in [1.807, 2.05) is 24.3 Å². The number of nitrogens with one attached hydrogen (secondary N) is 2. The molecule has 0 saturated carbocycles. The van der Waals surface area contributed by atoms with Crippen molar-refractivity contribution in [3.63, 3.8) is 0 Å². The Labute approximate surface area is 237 Å². The molecule has 208 valence electrons. The normalized spacial score (nSPS) is 11.0. The highest BCUT2D eigenvalue weighted by molar-refractivity contribution is 6.05. The van der Waals surface area contributed by atoms with Crippen molar-refractivity contribution < 1.29 is 22.7 Å². The molecule has 8 nitrogen and oxygen atoms in total. The fourth-order valence-electron chi connectivity index (χ4n) is 4.50. The average molecular weight is 567 g/mol. The summed E-state index contributed by atoms with van der Waals surface area (Å²) in [5, 5.41) is 10.4. The van der Waals surface area contributed by atoms with Crippen LogP contribution in [0.15, 0.2) is 97.3 Å². The van der Waals surface area contributed by atoms with E-state index < -0.39 is 28.9 Å². The van der Waals surface area contributed by atoms with Gasteiger partial charge in [-0.05, 0) is 60.7 Å². The minimum atomic E-state index is -0.835. The van der Waals surface area contributed by atoms with E-state index in [1.54, 1.807) is 47.2 Å². The number of anilines is 3. The number of benzene rings is 3. The Balaban J connectivity index is 1.37. The van der Waals surface area contributed by atoms with E-state index in [4.69, 9.17) is 9.84 Å². The maximum absolute atomic E-state index is 14.2. The van der Waals surface area contributed by atoms with Gasteiger partial charge in [0, 0.05) is 35.4 Å². The second-order valence-electron chi connectivity index (χ2n) is 9.15. The van der Waals surface area contributed by atoms with Gasteiger partial charge in [-0.1, -0.05) is 18.2 Å². The average Bonchev–Trinajstić information content (AvgIpc) is 3.39. The predicted molar refractivity (Wildman–Crippen MR) is 152 cm³/mol. The molecular weight excluding hydrogens is 545 g/mol. The molecule has 1 amide bonds. The van der Waals surface area contributed by atoms with Crippen LogP contribution in [-0.4, -0.2) is 32.6 Å². The van der Waals surface area contributed by atoms with Crippen LogP contribution in [0, 0.1) is 17.5 Å². The first-order chi connectivity index (χ1) is 20.4. The summed E-state index contributed by atoms with van der Waals surface area (Å²) in [4.78, 5) is 21.7. The Kier molecular flexibility index (Phi) is 6.97. The number of aromatic nitrogens is 4. The molecule has 0 radical (unpaired) electrons. The van der Waals surface area contributed by atoms with Crippen LogP contribution in [0.5, 0.6) is 5.75 Å². The molecule has 0 aliphatic carbocycles. The second-order valence-corrected chi connectivity index (χ2v) is 9.15. The lowest BCUT2D eigenvalue weighted by atomic mass is 10.0. The van der Waals surface area contributed by atoms with Gasteiger partial charge in [0.15, 0.2) is 11.6 Å². The molecule has 2 N–H and O–H groups in total. The topological polar surface area (TPSA) is 93.4 Å². The van der Waals surface area contributed by atoms with Crippen molar-refractivity contribution in [2.45, 2.75) is 0 Å².